The second-order valence-corrected chi connectivity index (χ2v) is 5.41. The van der Waals surface area contributed by atoms with Crippen molar-refractivity contribution in [2.75, 3.05) is 6.54 Å². The first-order valence-electron chi connectivity index (χ1n) is 6.42. The van der Waals surface area contributed by atoms with Crippen molar-refractivity contribution < 1.29 is 0 Å². The van der Waals surface area contributed by atoms with Crippen molar-refractivity contribution >= 4 is 11.6 Å². The molecule has 1 aromatic carbocycles. The van der Waals surface area contributed by atoms with Crippen LogP contribution < -0.4 is 11.1 Å². The third-order valence-electron chi connectivity index (χ3n) is 3.77. The average molecular weight is 253 g/mol. The molecule has 0 aliphatic heterocycles. The smallest absolute Gasteiger partial charge is 0.0409 e. The predicted molar refractivity (Wildman–Crippen MR) is 73.2 cm³/mol. The van der Waals surface area contributed by atoms with Crippen LogP contribution in [0.25, 0.3) is 0 Å². The molecule has 0 bridgehead atoms. The number of rotatable bonds is 4. The molecule has 2 rings (SSSR count). The second kappa shape index (κ2) is 5.85. The molecule has 94 valence electrons. The summed E-state index contributed by atoms with van der Waals surface area (Å²) >= 11 is 6.01. The molecule has 1 fully saturated rings. The summed E-state index contributed by atoms with van der Waals surface area (Å²) in [6, 6.07) is 8.97. The summed E-state index contributed by atoms with van der Waals surface area (Å²) in [7, 11) is 0. The fourth-order valence-electron chi connectivity index (χ4n) is 2.73. The molecule has 0 saturated heterocycles. The van der Waals surface area contributed by atoms with E-state index in [4.69, 9.17) is 17.3 Å². The maximum Gasteiger partial charge on any atom is 0.0409 e. The zero-order valence-electron chi connectivity index (χ0n) is 10.3. The van der Waals surface area contributed by atoms with E-state index in [2.05, 4.69) is 18.3 Å². The Labute approximate surface area is 109 Å². The molecular weight excluding hydrogens is 232 g/mol. The summed E-state index contributed by atoms with van der Waals surface area (Å²) in [5.41, 5.74) is 7.05. The van der Waals surface area contributed by atoms with Gasteiger partial charge in [-0.3, -0.25) is 0 Å². The third-order valence-corrected chi connectivity index (χ3v) is 4.01. The van der Waals surface area contributed by atoms with Crippen molar-refractivity contribution in [1.29, 1.82) is 0 Å². The van der Waals surface area contributed by atoms with Gasteiger partial charge in [-0.1, -0.05) is 30.2 Å². The highest BCUT2D eigenvalue weighted by atomic mass is 35.5. The van der Waals surface area contributed by atoms with Gasteiger partial charge >= 0.3 is 0 Å². The van der Waals surface area contributed by atoms with Crippen LogP contribution in [0.4, 0.5) is 0 Å². The standard InChI is InChI=1S/C14H21ClN2/c1-10(11-4-2-6-13(15)8-11)17-14-7-3-5-12(14)9-16/h2,4,6,8,10,12,14,17H,3,5,7,9,16H2,1H3. The van der Waals surface area contributed by atoms with Gasteiger partial charge in [0.1, 0.15) is 0 Å². The fraction of sp³-hybridized carbons (Fsp3) is 0.571. The van der Waals surface area contributed by atoms with E-state index in [0.717, 1.165) is 11.6 Å². The van der Waals surface area contributed by atoms with Gasteiger partial charge in [0.25, 0.3) is 0 Å². The van der Waals surface area contributed by atoms with Crippen molar-refractivity contribution in [3.63, 3.8) is 0 Å². The largest absolute Gasteiger partial charge is 0.330 e. The maximum absolute atomic E-state index is 6.01. The molecule has 3 heteroatoms. The Morgan fingerprint density at radius 1 is 1.47 bits per heavy atom. The van der Waals surface area contributed by atoms with Crippen molar-refractivity contribution in [3.8, 4) is 0 Å². The Kier molecular flexibility index (Phi) is 4.43. The molecule has 1 aromatic rings. The van der Waals surface area contributed by atoms with E-state index in [0.29, 0.717) is 18.0 Å². The number of nitrogens with one attached hydrogen (secondary N) is 1. The number of halogens is 1. The zero-order chi connectivity index (χ0) is 12.3. The van der Waals surface area contributed by atoms with Crippen molar-refractivity contribution in [2.45, 2.75) is 38.3 Å². The van der Waals surface area contributed by atoms with Crippen LogP contribution in [-0.4, -0.2) is 12.6 Å². The average Bonchev–Trinajstić information content (AvgIpc) is 2.76. The molecule has 0 aromatic heterocycles. The van der Waals surface area contributed by atoms with Crippen LogP contribution in [0.3, 0.4) is 0 Å². The Hall–Kier alpha value is -0.570. The molecule has 1 aliphatic rings. The van der Waals surface area contributed by atoms with Gasteiger partial charge in [0.2, 0.25) is 0 Å². The minimum Gasteiger partial charge on any atom is -0.330 e. The minimum absolute atomic E-state index is 0.339. The van der Waals surface area contributed by atoms with Crippen molar-refractivity contribution in [3.05, 3.63) is 34.9 Å². The molecular formula is C14H21ClN2. The molecule has 2 nitrogen and oxygen atoms in total. The highest BCUT2D eigenvalue weighted by molar-refractivity contribution is 6.30. The zero-order valence-corrected chi connectivity index (χ0v) is 11.1. The third kappa shape index (κ3) is 3.21. The van der Waals surface area contributed by atoms with Gasteiger partial charge in [-0.2, -0.15) is 0 Å². The molecule has 3 atom stereocenters. The van der Waals surface area contributed by atoms with Gasteiger partial charge in [0.15, 0.2) is 0 Å². The lowest BCUT2D eigenvalue weighted by Crippen LogP contribution is -2.37. The topological polar surface area (TPSA) is 38.0 Å². The normalized spacial score (nSPS) is 26.1. The van der Waals surface area contributed by atoms with Crippen molar-refractivity contribution in [2.24, 2.45) is 11.7 Å². The lowest BCUT2D eigenvalue weighted by Gasteiger charge is -2.24. The molecule has 0 radical (unpaired) electrons. The molecule has 17 heavy (non-hydrogen) atoms. The van der Waals surface area contributed by atoms with Crippen LogP contribution >= 0.6 is 11.6 Å². The summed E-state index contributed by atoms with van der Waals surface area (Å²) in [6.45, 7) is 2.98. The second-order valence-electron chi connectivity index (χ2n) is 4.98. The monoisotopic (exact) mass is 252 g/mol. The summed E-state index contributed by atoms with van der Waals surface area (Å²) in [5.74, 6) is 0.636. The number of nitrogens with two attached hydrogens (primary N) is 1. The van der Waals surface area contributed by atoms with Crippen LogP contribution in [0.15, 0.2) is 24.3 Å². The highest BCUT2D eigenvalue weighted by Crippen LogP contribution is 2.27. The fourth-order valence-corrected chi connectivity index (χ4v) is 2.93. The summed E-state index contributed by atoms with van der Waals surface area (Å²) < 4.78 is 0. The predicted octanol–water partition coefficient (Wildman–Crippen LogP) is 3.12. The van der Waals surface area contributed by atoms with Gasteiger partial charge in [-0.15, -0.1) is 0 Å². The quantitative estimate of drug-likeness (QED) is 0.864. The van der Waals surface area contributed by atoms with Gasteiger partial charge in [-0.25, -0.2) is 0 Å². The highest BCUT2D eigenvalue weighted by Gasteiger charge is 2.27. The van der Waals surface area contributed by atoms with Crippen LogP contribution in [0.2, 0.25) is 5.02 Å². The van der Waals surface area contributed by atoms with Gasteiger partial charge in [0.05, 0.1) is 0 Å². The lowest BCUT2D eigenvalue weighted by atomic mass is 10.0. The minimum atomic E-state index is 0.339. The molecule has 1 saturated carbocycles. The number of benzene rings is 1. The van der Waals surface area contributed by atoms with Crippen molar-refractivity contribution in [1.82, 2.24) is 5.32 Å². The Balaban J connectivity index is 1.99. The van der Waals surface area contributed by atoms with Gasteiger partial charge in [0, 0.05) is 17.1 Å². The van der Waals surface area contributed by atoms with E-state index in [-0.39, 0.29) is 0 Å². The van der Waals surface area contributed by atoms with E-state index in [1.165, 1.54) is 24.8 Å². The maximum atomic E-state index is 6.01. The summed E-state index contributed by atoms with van der Waals surface area (Å²) in [5, 5.41) is 4.49. The molecule has 3 N–H and O–H groups in total. The van der Waals surface area contributed by atoms with Crippen LogP contribution in [-0.2, 0) is 0 Å². The van der Waals surface area contributed by atoms with Crippen LogP contribution in [0.5, 0.6) is 0 Å². The molecule has 3 unspecified atom stereocenters. The van der Waals surface area contributed by atoms with E-state index in [1.807, 2.05) is 18.2 Å². The van der Waals surface area contributed by atoms with E-state index in [1.54, 1.807) is 0 Å². The van der Waals surface area contributed by atoms with Gasteiger partial charge < -0.3 is 11.1 Å². The number of hydrogen-bond acceptors (Lipinski definition) is 2. The van der Waals surface area contributed by atoms with E-state index < -0.39 is 0 Å². The summed E-state index contributed by atoms with van der Waals surface area (Å²) in [4.78, 5) is 0. The Bertz CT molecular complexity index is 367. The lowest BCUT2D eigenvalue weighted by molar-refractivity contribution is 0.374. The molecule has 0 amide bonds. The first kappa shape index (κ1) is 12.9. The first-order valence-corrected chi connectivity index (χ1v) is 6.80. The first-order chi connectivity index (χ1) is 8.20. The van der Waals surface area contributed by atoms with Crippen LogP contribution in [0, 0.1) is 5.92 Å². The Morgan fingerprint density at radius 2 is 2.29 bits per heavy atom. The number of hydrogen-bond donors (Lipinski definition) is 2. The SMILES string of the molecule is CC(NC1CCCC1CN)c1cccc(Cl)c1. The van der Waals surface area contributed by atoms with Gasteiger partial charge in [-0.05, 0) is 49.9 Å². The van der Waals surface area contributed by atoms with E-state index in [9.17, 15) is 0 Å². The van der Waals surface area contributed by atoms with E-state index >= 15 is 0 Å². The molecule has 1 aliphatic carbocycles. The van der Waals surface area contributed by atoms with Crippen LogP contribution in [0.1, 0.15) is 37.8 Å². The molecule has 0 spiro atoms. The summed E-state index contributed by atoms with van der Waals surface area (Å²) in [6.07, 6.45) is 3.80. The Morgan fingerprint density at radius 3 is 3.00 bits per heavy atom. The molecule has 0 heterocycles.